The standard InChI is InChI=1S/C16H22F3N/c1-15(2,3)20-10-9-13(16(17,18)19)11-14(20)12-7-5-4-6-8-12/h4-8,13-14H,9-11H2,1-3H3/t13-,14+/m1/s1. The molecule has 20 heavy (non-hydrogen) atoms. The van der Waals surface area contributed by atoms with Gasteiger partial charge in [0.1, 0.15) is 0 Å². The lowest BCUT2D eigenvalue weighted by Crippen LogP contribution is -2.49. The van der Waals surface area contributed by atoms with Crippen molar-refractivity contribution >= 4 is 0 Å². The third kappa shape index (κ3) is 3.35. The normalized spacial score (nSPS) is 25.7. The van der Waals surface area contributed by atoms with E-state index in [0.717, 1.165) is 5.56 Å². The molecule has 0 N–H and O–H groups in total. The summed E-state index contributed by atoms with van der Waals surface area (Å²) in [7, 11) is 0. The predicted octanol–water partition coefficient (Wildman–Crippen LogP) is 4.80. The van der Waals surface area contributed by atoms with E-state index >= 15 is 0 Å². The van der Waals surface area contributed by atoms with E-state index in [4.69, 9.17) is 0 Å². The van der Waals surface area contributed by atoms with Crippen LogP contribution in [-0.4, -0.2) is 23.2 Å². The zero-order valence-corrected chi connectivity index (χ0v) is 12.2. The number of hydrogen-bond donors (Lipinski definition) is 0. The molecule has 112 valence electrons. The van der Waals surface area contributed by atoms with E-state index in [1.165, 1.54) is 0 Å². The summed E-state index contributed by atoms with van der Waals surface area (Å²) in [4.78, 5) is 2.20. The van der Waals surface area contributed by atoms with Crippen LogP contribution in [0.15, 0.2) is 30.3 Å². The molecule has 0 aromatic heterocycles. The molecule has 1 heterocycles. The van der Waals surface area contributed by atoms with E-state index in [9.17, 15) is 13.2 Å². The minimum atomic E-state index is -4.09. The third-order valence-electron chi connectivity index (χ3n) is 4.11. The Bertz CT molecular complexity index is 433. The Morgan fingerprint density at radius 3 is 2.15 bits per heavy atom. The van der Waals surface area contributed by atoms with Gasteiger partial charge in [-0.25, -0.2) is 0 Å². The average Bonchev–Trinajstić information content (AvgIpc) is 2.37. The van der Waals surface area contributed by atoms with Gasteiger partial charge in [0, 0.05) is 11.6 Å². The second-order valence-electron chi connectivity index (χ2n) is 6.55. The fraction of sp³-hybridized carbons (Fsp3) is 0.625. The van der Waals surface area contributed by atoms with Crippen LogP contribution in [0.3, 0.4) is 0 Å². The summed E-state index contributed by atoms with van der Waals surface area (Å²) in [6.07, 6.45) is -3.73. The van der Waals surface area contributed by atoms with Crippen molar-refractivity contribution in [2.24, 2.45) is 5.92 Å². The molecule has 1 aliphatic rings. The maximum Gasteiger partial charge on any atom is 0.391 e. The number of benzene rings is 1. The van der Waals surface area contributed by atoms with E-state index in [1.54, 1.807) is 0 Å². The zero-order chi connectivity index (χ0) is 15.0. The van der Waals surface area contributed by atoms with Crippen molar-refractivity contribution in [3.05, 3.63) is 35.9 Å². The minimum Gasteiger partial charge on any atom is -0.291 e. The molecule has 1 aromatic rings. The molecule has 0 unspecified atom stereocenters. The van der Waals surface area contributed by atoms with Gasteiger partial charge in [-0.2, -0.15) is 13.2 Å². The summed E-state index contributed by atoms with van der Waals surface area (Å²) in [6.45, 7) is 6.69. The van der Waals surface area contributed by atoms with Crippen LogP contribution in [-0.2, 0) is 0 Å². The second kappa shape index (κ2) is 5.40. The molecule has 4 heteroatoms. The van der Waals surface area contributed by atoms with Gasteiger partial charge >= 0.3 is 6.18 Å². The number of halogens is 3. The first-order valence-electron chi connectivity index (χ1n) is 7.08. The van der Waals surface area contributed by atoms with Crippen LogP contribution in [0, 0.1) is 5.92 Å². The lowest BCUT2D eigenvalue weighted by atomic mass is 9.84. The lowest BCUT2D eigenvalue weighted by molar-refractivity contribution is -0.193. The number of hydrogen-bond acceptors (Lipinski definition) is 1. The highest BCUT2D eigenvalue weighted by atomic mass is 19.4. The van der Waals surface area contributed by atoms with Crippen LogP contribution in [0.25, 0.3) is 0 Å². The van der Waals surface area contributed by atoms with Crippen molar-refractivity contribution in [2.45, 2.75) is 51.4 Å². The van der Waals surface area contributed by atoms with Gasteiger partial charge < -0.3 is 0 Å². The molecule has 0 radical (unpaired) electrons. The monoisotopic (exact) mass is 285 g/mol. The SMILES string of the molecule is CC(C)(C)N1CC[C@@H](C(F)(F)F)C[C@H]1c1ccccc1. The summed E-state index contributed by atoms with van der Waals surface area (Å²) in [5, 5.41) is 0. The Balaban J connectivity index is 2.29. The zero-order valence-electron chi connectivity index (χ0n) is 12.2. The maximum atomic E-state index is 13.0. The summed E-state index contributed by atoms with van der Waals surface area (Å²) >= 11 is 0. The van der Waals surface area contributed by atoms with Crippen molar-refractivity contribution in [3.8, 4) is 0 Å². The first kappa shape index (κ1) is 15.4. The van der Waals surface area contributed by atoms with Crippen molar-refractivity contribution in [1.29, 1.82) is 0 Å². The quantitative estimate of drug-likeness (QED) is 0.716. The molecular formula is C16H22F3N. The smallest absolute Gasteiger partial charge is 0.291 e. The van der Waals surface area contributed by atoms with Crippen molar-refractivity contribution in [3.63, 3.8) is 0 Å². The molecule has 0 saturated carbocycles. The minimum absolute atomic E-state index is 0.128. The van der Waals surface area contributed by atoms with Crippen molar-refractivity contribution < 1.29 is 13.2 Å². The second-order valence-corrected chi connectivity index (χ2v) is 6.55. The fourth-order valence-corrected chi connectivity index (χ4v) is 3.06. The van der Waals surface area contributed by atoms with E-state index in [0.29, 0.717) is 6.54 Å². The van der Waals surface area contributed by atoms with Gasteiger partial charge in [-0.05, 0) is 45.7 Å². The Kier molecular flexibility index (Phi) is 4.14. The van der Waals surface area contributed by atoms with E-state index < -0.39 is 12.1 Å². The van der Waals surface area contributed by atoms with Crippen LogP contribution in [0.2, 0.25) is 0 Å². The maximum absolute atomic E-state index is 13.0. The molecular weight excluding hydrogens is 263 g/mol. The summed E-state index contributed by atoms with van der Waals surface area (Å²) < 4.78 is 39.1. The van der Waals surface area contributed by atoms with Gasteiger partial charge in [0.05, 0.1) is 5.92 Å². The largest absolute Gasteiger partial charge is 0.391 e. The van der Waals surface area contributed by atoms with Crippen LogP contribution < -0.4 is 0 Å². The highest BCUT2D eigenvalue weighted by Crippen LogP contribution is 2.44. The molecule has 0 aliphatic carbocycles. The number of likely N-dealkylation sites (tertiary alicyclic amines) is 1. The predicted molar refractivity (Wildman–Crippen MR) is 74.4 cm³/mol. The van der Waals surface area contributed by atoms with E-state index in [-0.39, 0.29) is 24.4 Å². The highest BCUT2D eigenvalue weighted by Gasteiger charge is 2.46. The third-order valence-corrected chi connectivity index (χ3v) is 4.11. The van der Waals surface area contributed by atoms with Gasteiger partial charge in [0.15, 0.2) is 0 Å². The number of nitrogens with zero attached hydrogens (tertiary/aromatic N) is 1. The number of piperidine rings is 1. The Morgan fingerprint density at radius 2 is 1.65 bits per heavy atom. The van der Waals surface area contributed by atoms with Crippen LogP contribution in [0.1, 0.15) is 45.2 Å². The summed E-state index contributed by atoms with van der Waals surface area (Å²) in [5.74, 6) is -1.19. The molecule has 0 spiro atoms. The first-order chi connectivity index (χ1) is 9.19. The van der Waals surface area contributed by atoms with Crippen LogP contribution >= 0.6 is 0 Å². The molecule has 1 saturated heterocycles. The fourth-order valence-electron chi connectivity index (χ4n) is 3.06. The molecule has 0 bridgehead atoms. The molecule has 1 aliphatic heterocycles. The Morgan fingerprint density at radius 1 is 1.05 bits per heavy atom. The number of alkyl halides is 3. The summed E-state index contributed by atoms with van der Waals surface area (Å²) in [6, 6.07) is 9.40. The molecule has 1 fully saturated rings. The average molecular weight is 285 g/mol. The lowest BCUT2D eigenvalue weighted by Gasteiger charge is -2.47. The van der Waals surface area contributed by atoms with E-state index in [2.05, 4.69) is 25.7 Å². The first-order valence-corrected chi connectivity index (χ1v) is 7.08. The van der Waals surface area contributed by atoms with Crippen molar-refractivity contribution in [2.75, 3.05) is 6.54 Å². The van der Waals surface area contributed by atoms with Crippen molar-refractivity contribution in [1.82, 2.24) is 4.90 Å². The Hall–Kier alpha value is -1.03. The Labute approximate surface area is 118 Å². The molecule has 1 aromatic carbocycles. The van der Waals surface area contributed by atoms with Gasteiger partial charge in [-0.1, -0.05) is 30.3 Å². The molecule has 2 atom stereocenters. The highest BCUT2D eigenvalue weighted by molar-refractivity contribution is 5.20. The van der Waals surface area contributed by atoms with Gasteiger partial charge in [-0.3, -0.25) is 4.90 Å². The van der Waals surface area contributed by atoms with Crippen LogP contribution in [0.4, 0.5) is 13.2 Å². The molecule has 1 nitrogen and oxygen atoms in total. The molecule has 0 amide bonds. The van der Waals surface area contributed by atoms with Crippen LogP contribution in [0.5, 0.6) is 0 Å². The summed E-state index contributed by atoms with van der Waals surface area (Å²) in [5.41, 5.74) is 0.855. The van der Waals surface area contributed by atoms with Gasteiger partial charge in [0.2, 0.25) is 0 Å². The topological polar surface area (TPSA) is 3.24 Å². The van der Waals surface area contributed by atoms with Gasteiger partial charge in [0.25, 0.3) is 0 Å². The number of rotatable bonds is 1. The van der Waals surface area contributed by atoms with E-state index in [1.807, 2.05) is 30.3 Å². The van der Waals surface area contributed by atoms with Gasteiger partial charge in [-0.15, -0.1) is 0 Å². The molecule has 2 rings (SSSR count).